The fraction of sp³-hybridized carbons (Fsp3) is 0.333. The van der Waals surface area contributed by atoms with Crippen LogP contribution in [0.3, 0.4) is 0 Å². The molecule has 0 heterocycles. The van der Waals surface area contributed by atoms with Crippen molar-refractivity contribution in [3.05, 3.63) is 23.8 Å². The Morgan fingerprint density at radius 2 is 1.79 bits per heavy atom. The average Bonchev–Trinajstić information content (AvgIpc) is 2.06. The molecule has 1 rings (SSSR count). The fourth-order valence-electron chi connectivity index (χ4n) is 1.07. The van der Waals surface area contributed by atoms with Crippen molar-refractivity contribution in [2.45, 2.75) is 6.92 Å². The van der Waals surface area contributed by atoms with E-state index in [-0.39, 0.29) is 0 Å². The number of hydrogen-bond acceptors (Lipinski definition) is 4. The van der Waals surface area contributed by atoms with Gasteiger partial charge in [-0.3, -0.25) is 0 Å². The summed E-state index contributed by atoms with van der Waals surface area (Å²) in [7, 11) is -1.96. The first-order valence-corrected chi connectivity index (χ1v) is 5.79. The molecule has 4 nitrogen and oxygen atoms in total. The lowest BCUT2D eigenvalue weighted by atomic mass is 10.2. The molecule has 1 aromatic carbocycles. The van der Waals surface area contributed by atoms with Gasteiger partial charge in [-0.05, 0) is 19.1 Å². The van der Waals surface area contributed by atoms with Gasteiger partial charge >= 0.3 is 10.1 Å². The zero-order valence-corrected chi connectivity index (χ0v) is 9.09. The first-order chi connectivity index (χ1) is 6.44. The van der Waals surface area contributed by atoms with Gasteiger partial charge in [0.25, 0.3) is 0 Å². The highest BCUT2D eigenvalue weighted by Crippen LogP contribution is 2.27. The highest BCUT2D eigenvalue weighted by molar-refractivity contribution is 7.86. The highest BCUT2D eigenvalue weighted by Gasteiger charge is 2.09. The molecule has 0 aliphatic heterocycles. The van der Waals surface area contributed by atoms with Crippen molar-refractivity contribution in [1.29, 1.82) is 0 Å². The number of rotatable bonds is 3. The van der Waals surface area contributed by atoms with Crippen LogP contribution in [0.5, 0.6) is 11.5 Å². The summed E-state index contributed by atoms with van der Waals surface area (Å²) >= 11 is 0. The van der Waals surface area contributed by atoms with Gasteiger partial charge in [-0.15, -0.1) is 0 Å². The molecule has 1 aromatic rings. The van der Waals surface area contributed by atoms with Crippen molar-refractivity contribution < 1.29 is 17.3 Å². The van der Waals surface area contributed by atoms with Gasteiger partial charge in [0.2, 0.25) is 0 Å². The van der Waals surface area contributed by atoms with Gasteiger partial charge in [0.1, 0.15) is 11.5 Å². The molecule has 14 heavy (non-hydrogen) atoms. The number of hydrogen-bond donors (Lipinski definition) is 0. The van der Waals surface area contributed by atoms with E-state index in [1.807, 2.05) is 0 Å². The summed E-state index contributed by atoms with van der Waals surface area (Å²) in [4.78, 5) is 0. The van der Waals surface area contributed by atoms with Crippen LogP contribution in [0.15, 0.2) is 18.2 Å². The minimum absolute atomic E-state index is 0.298. The predicted octanol–water partition coefficient (Wildman–Crippen LogP) is 1.34. The van der Waals surface area contributed by atoms with E-state index >= 15 is 0 Å². The smallest absolute Gasteiger partial charge is 0.306 e. The van der Waals surface area contributed by atoms with Gasteiger partial charge in [-0.1, -0.05) is 6.07 Å². The maximum Gasteiger partial charge on any atom is 0.306 e. The molecular weight excluding hydrogens is 204 g/mol. The second-order valence-corrected chi connectivity index (χ2v) is 4.45. The molecule has 0 aliphatic rings. The van der Waals surface area contributed by atoms with Gasteiger partial charge in [-0.2, -0.15) is 8.42 Å². The Balaban J connectivity index is 3.10. The normalized spacial score (nSPS) is 11.1. The Kier molecular flexibility index (Phi) is 3.00. The lowest BCUT2D eigenvalue weighted by Crippen LogP contribution is -2.07. The lowest BCUT2D eigenvalue weighted by molar-refractivity contribution is 0.408. The third kappa shape index (κ3) is 2.63. The summed E-state index contributed by atoms with van der Waals surface area (Å²) in [5.41, 5.74) is 0.667. The van der Waals surface area contributed by atoms with Crippen molar-refractivity contribution in [3.63, 3.8) is 0 Å². The lowest BCUT2D eigenvalue weighted by Gasteiger charge is -2.09. The van der Waals surface area contributed by atoms with E-state index in [4.69, 9.17) is 8.92 Å². The molecule has 0 saturated heterocycles. The van der Waals surface area contributed by atoms with Crippen LogP contribution in [0.2, 0.25) is 0 Å². The third-order valence-corrected chi connectivity index (χ3v) is 2.18. The Morgan fingerprint density at radius 1 is 1.21 bits per heavy atom. The first-order valence-electron chi connectivity index (χ1n) is 3.97. The summed E-state index contributed by atoms with van der Waals surface area (Å²) in [6, 6.07) is 5.00. The minimum Gasteiger partial charge on any atom is -0.496 e. The quantitative estimate of drug-likeness (QED) is 0.715. The largest absolute Gasteiger partial charge is 0.496 e. The second kappa shape index (κ2) is 3.88. The van der Waals surface area contributed by atoms with Crippen LogP contribution in [0, 0.1) is 6.92 Å². The molecule has 0 atom stereocenters. The van der Waals surface area contributed by atoms with E-state index < -0.39 is 10.1 Å². The summed E-state index contributed by atoms with van der Waals surface area (Å²) in [5.74, 6) is 0.901. The van der Waals surface area contributed by atoms with Crippen LogP contribution in [0.1, 0.15) is 5.56 Å². The van der Waals surface area contributed by atoms with Crippen molar-refractivity contribution in [2.75, 3.05) is 13.4 Å². The summed E-state index contributed by atoms with van der Waals surface area (Å²) in [5, 5.41) is 0. The zero-order chi connectivity index (χ0) is 10.8. The van der Waals surface area contributed by atoms with E-state index in [9.17, 15) is 8.42 Å². The van der Waals surface area contributed by atoms with Crippen LogP contribution in [-0.4, -0.2) is 21.8 Å². The van der Waals surface area contributed by atoms with Gasteiger partial charge in [0.05, 0.1) is 13.4 Å². The SMILES string of the molecule is COc1cccc(OS(C)(=O)=O)c1C. The van der Waals surface area contributed by atoms with Crippen LogP contribution in [0.25, 0.3) is 0 Å². The summed E-state index contributed by atoms with van der Waals surface area (Å²) < 4.78 is 31.6. The molecule has 0 saturated carbocycles. The standard InChI is InChI=1S/C9H12O4S/c1-7-8(12-2)5-4-6-9(7)13-14(3,10)11/h4-6H,1-3H3. The predicted molar refractivity (Wildman–Crippen MR) is 53.2 cm³/mol. The first kappa shape index (κ1) is 10.8. The minimum atomic E-state index is -3.48. The molecule has 0 aromatic heterocycles. The van der Waals surface area contributed by atoms with Crippen molar-refractivity contribution in [2.24, 2.45) is 0 Å². The topological polar surface area (TPSA) is 52.6 Å². The molecule has 0 fully saturated rings. The van der Waals surface area contributed by atoms with E-state index in [2.05, 4.69) is 0 Å². The molecule has 0 aliphatic carbocycles. The molecule has 0 bridgehead atoms. The fourth-order valence-corrected chi connectivity index (χ4v) is 1.58. The average molecular weight is 216 g/mol. The Bertz CT molecular complexity index is 422. The number of benzene rings is 1. The molecule has 0 spiro atoms. The van der Waals surface area contributed by atoms with Gasteiger partial charge in [0.15, 0.2) is 0 Å². The maximum atomic E-state index is 10.9. The molecule has 0 unspecified atom stereocenters. The van der Waals surface area contributed by atoms with E-state index in [0.29, 0.717) is 17.1 Å². The molecule has 0 radical (unpaired) electrons. The van der Waals surface area contributed by atoms with Crippen LogP contribution in [0.4, 0.5) is 0 Å². The van der Waals surface area contributed by atoms with Crippen molar-refractivity contribution in [3.8, 4) is 11.5 Å². The monoisotopic (exact) mass is 216 g/mol. The number of ether oxygens (including phenoxy) is 1. The Morgan fingerprint density at radius 3 is 2.29 bits per heavy atom. The molecule has 0 N–H and O–H groups in total. The third-order valence-electron chi connectivity index (χ3n) is 1.70. The second-order valence-electron chi connectivity index (χ2n) is 2.87. The van der Waals surface area contributed by atoms with Gasteiger partial charge < -0.3 is 8.92 Å². The molecule has 0 amide bonds. The van der Waals surface area contributed by atoms with E-state index in [0.717, 1.165) is 6.26 Å². The summed E-state index contributed by atoms with van der Waals surface area (Å²) in [6.45, 7) is 1.74. The van der Waals surface area contributed by atoms with Crippen molar-refractivity contribution >= 4 is 10.1 Å². The van der Waals surface area contributed by atoms with Crippen molar-refractivity contribution in [1.82, 2.24) is 0 Å². The van der Waals surface area contributed by atoms with Crippen LogP contribution in [-0.2, 0) is 10.1 Å². The molecular formula is C9H12O4S. The number of methoxy groups -OCH3 is 1. The molecule has 78 valence electrons. The zero-order valence-electron chi connectivity index (χ0n) is 8.27. The summed E-state index contributed by atoms with van der Waals surface area (Å²) in [6.07, 6.45) is 1.01. The van der Waals surface area contributed by atoms with Crippen LogP contribution >= 0.6 is 0 Å². The van der Waals surface area contributed by atoms with Gasteiger partial charge in [0, 0.05) is 5.56 Å². The van der Waals surface area contributed by atoms with Gasteiger partial charge in [-0.25, -0.2) is 0 Å². The van der Waals surface area contributed by atoms with E-state index in [1.165, 1.54) is 7.11 Å². The van der Waals surface area contributed by atoms with Crippen LogP contribution < -0.4 is 8.92 Å². The maximum absolute atomic E-state index is 10.9. The Hall–Kier alpha value is -1.23. The van der Waals surface area contributed by atoms with E-state index in [1.54, 1.807) is 25.1 Å². The molecule has 5 heteroatoms. The highest BCUT2D eigenvalue weighted by atomic mass is 32.2. The Labute approximate surface area is 83.6 Å².